The van der Waals surface area contributed by atoms with Gasteiger partial charge in [-0.1, -0.05) is 11.6 Å². The molecule has 0 saturated heterocycles. The van der Waals surface area contributed by atoms with Crippen LogP contribution in [0.4, 0.5) is 0 Å². The maximum atomic E-state index is 11.2. The molecule has 3 aromatic heterocycles. The summed E-state index contributed by atoms with van der Waals surface area (Å²) < 4.78 is 24.3. The third-order valence-electron chi connectivity index (χ3n) is 2.26. The molecule has 0 amide bonds. The Labute approximate surface area is 110 Å². The SMILES string of the molecule is O=S(=O)(Cl)c1cc2nc3ccc(Cl)cn3c2s1. The van der Waals surface area contributed by atoms with Gasteiger partial charge in [0.25, 0.3) is 9.05 Å². The van der Waals surface area contributed by atoms with Crippen molar-refractivity contribution in [3.8, 4) is 0 Å². The van der Waals surface area contributed by atoms with Crippen LogP contribution in [-0.2, 0) is 9.05 Å². The molecule has 8 heteroatoms. The van der Waals surface area contributed by atoms with E-state index in [-0.39, 0.29) is 4.21 Å². The Morgan fingerprint density at radius 2 is 2.12 bits per heavy atom. The summed E-state index contributed by atoms with van der Waals surface area (Å²) in [7, 11) is 1.58. The molecule has 3 aromatic rings. The number of rotatable bonds is 1. The Hall–Kier alpha value is -0.820. The van der Waals surface area contributed by atoms with Crippen molar-refractivity contribution >= 4 is 58.7 Å². The lowest BCUT2D eigenvalue weighted by molar-refractivity contribution is 0.611. The molecule has 3 heterocycles. The summed E-state index contributed by atoms with van der Waals surface area (Å²) in [6.07, 6.45) is 1.69. The van der Waals surface area contributed by atoms with Crippen LogP contribution in [-0.4, -0.2) is 17.8 Å². The van der Waals surface area contributed by atoms with Gasteiger partial charge in [0.15, 0.2) is 0 Å². The van der Waals surface area contributed by atoms with Gasteiger partial charge in [-0.2, -0.15) is 0 Å². The van der Waals surface area contributed by atoms with Crippen molar-refractivity contribution in [2.45, 2.75) is 4.21 Å². The first kappa shape index (κ1) is 11.3. The van der Waals surface area contributed by atoms with Gasteiger partial charge >= 0.3 is 0 Å². The summed E-state index contributed by atoms with van der Waals surface area (Å²) in [6.45, 7) is 0. The van der Waals surface area contributed by atoms with Crippen LogP contribution >= 0.6 is 33.6 Å². The molecule has 0 aliphatic carbocycles. The molecule has 0 spiro atoms. The van der Waals surface area contributed by atoms with Crippen molar-refractivity contribution in [2.75, 3.05) is 0 Å². The molecule has 0 aromatic carbocycles. The first-order chi connectivity index (χ1) is 7.95. The fourth-order valence-electron chi connectivity index (χ4n) is 1.57. The van der Waals surface area contributed by atoms with Crippen LogP contribution in [0.5, 0.6) is 0 Å². The van der Waals surface area contributed by atoms with Crippen LogP contribution in [0.1, 0.15) is 0 Å². The number of halogens is 2. The van der Waals surface area contributed by atoms with E-state index in [0.717, 1.165) is 11.3 Å². The van der Waals surface area contributed by atoms with Crippen molar-refractivity contribution in [3.63, 3.8) is 0 Å². The van der Waals surface area contributed by atoms with Gasteiger partial charge in [-0.05, 0) is 18.2 Å². The summed E-state index contributed by atoms with van der Waals surface area (Å²) in [5.74, 6) is 0. The second kappa shape index (κ2) is 3.58. The highest BCUT2D eigenvalue weighted by atomic mass is 35.7. The minimum atomic E-state index is -3.71. The molecular formula is C9H4Cl2N2O2S2. The van der Waals surface area contributed by atoms with Crippen LogP contribution in [0.25, 0.3) is 16.0 Å². The van der Waals surface area contributed by atoms with E-state index in [9.17, 15) is 8.42 Å². The summed E-state index contributed by atoms with van der Waals surface area (Å²) in [5, 5.41) is 0.556. The lowest BCUT2D eigenvalue weighted by Gasteiger charge is -1.94. The number of hydrogen-bond acceptors (Lipinski definition) is 4. The van der Waals surface area contributed by atoms with Crippen molar-refractivity contribution in [1.29, 1.82) is 0 Å². The predicted octanol–water partition coefficient (Wildman–Crippen LogP) is 3.13. The summed E-state index contributed by atoms with van der Waals surface area (Å²) in [4.78, 5) is 4.99. The number of thiophene rings is 1. The van der Waals surface area contributed by atoms with Crippen molar-refractivity contribution in [1.82, 2.24) is 9.38 Å². The van der Waals surface area contributed by atoms with Gasteiger partial charge in [0, 0.05) is 16.9 Å². The summed E-state index contributed by atoms with van der Waals surface area (Å²) >= 11 is 6.96. The van der Waals surface area contributed by atoms with Crippen LogP contribution in [0.15, 0.2) is 28.6 Å². The first-order valence-corrected chi connectivity index (χ1v) is 7.97. The fraction of sp³-hybridized carbons (Fsp3) is 0. The smallest absolute Gasteiger partial charge is 0.270 e. The van der Waals surface area contributed by atoms with Gasteiger partial charge in [-0.3, -0.25) is 4.40 Å². The minimum Gasteiger partial charge on any atom is -0.290 e. The van der Waals surface area contributed by atoms with Gasteiger partial charge in [0.2, 0.25) is 0 Å². The van der Waals surface area contributed by atoms with Crippen LogP contribution in [0.3, 0.4) is 0 Å². The molecule has 0 saturated carbocycles. The molecule has 0 radical (unpaired) electrons. The lowest BCUT2D eigenvalue weighted by atomic mass is 10.5. The second-order valence-corrected chi connectivity index (χ2v) is 7.64. The predicted molar refractivity (Wildman–Crippen MR) is 68.6 cm³/mol. The zero-order chi connectivity index (χ0) is 12.2. The second-order valence-electron chi connectivity index (χ2n) is 3.38. The van der Waals surface area contributed by atoms with Gasteiger partial charge < -0.3 is 0 Å². The Balaban J connectivity index is 2.42. The molecule has 88 valence electrons. The zero-order valence-electron chi connectivity index (χ0n) is 8.09. The third kappa shape index (κ3) is 1.81. The average molecular weight is 307 g/mol. The number of nitrogens with zero attached hydrogens (tertiary/aromatic N) is 2. The molecule has 3 rings (SSSR count). The molecule has 4 nitrogen and oxygen atoms in total. The number of imidazole rings is 1. The van der Waals surface area contributed by atoms with Gasteiger partial charge in [-0.25, -0.2) is 13.4 Å². The quantitative estimate of drug-likeness (QED) is 0.649. The molecule has 0 bridgehead atoms. The minimum absolute atomic E-state index is 0.0889. The van der Waals surface area contributed by atoms with Crippen molar-refractivity contribution in [3.05, 3.63) is 29.4 Å². The van der Waals surface area contributed by atoms with E-state index in [2.05, 4.69) is 4.98 Å². The average Bonchev–Trinajstić information content (AvgIpc) is 2.74. The highest BCUT2D eigenvalue weighted by Crippen LogP contribution is 2.31. The van der Waals surface area contributed by atoms with Gasteiger partial charge in [-0.15, -0.1) is 11.3 Å². The van der Waals surface area contributed by atoms with Gasteiger partial charge in [0.05, 0.1) is 5.02 Å². The van der Waals surface area contributed by atoms with E-state index in [0.29, 0.717) is 21.0 Å². The van der Waals surface area contributed by atoms with E-state index in [1.807, 2.05) is 0 Å². The molecule has 17 heavy (non-hydrogen) atoms. The summed E-state index contributed by atoms with van der Waals surface area (Å²) in [5.41, 5.74) is 1.31. The van der Waals surface area contributed by atoms with Crippen molar-refractivity contribution in [2.24, 2.45) is 0 Å². The Morgan fingerprint density at radius 1 is 1.35 bits per heavy atom. The largest absolute Gasteiger partial charge is 0.290 e. The van der Waals surface area contributed by atoms with Crippen LogP contribution in [0, 0.1) is 0 Å². The standard InChI is InChI=1S/C9H4Cl2N2O2S2/c10-5-1-2-7-12-6-3-8(17(11,14)15)16-9(6)13(7)4-5/h1-4H. The fourth-order valence-corrected chi connectivity index (χ4v) is 3.85. The molecule has 0 aliphatic heterocycles. The molecule has 0 fully saturated rings. The van der Waals surface area contributed by atoms with E-state index >= 15 is 0 Å². The van der Waals surface area contributed by atoms with Crippen LogP contribution < -0.4 is 0 Å². The molecule has 0 N–H and O–H groups in total. The molecule has 0 unspecified atom stereocenters. The maximum Gasteiger partial charge on any atom is 0.270 e. The Bertz CT molecular complexity index is 835. The lowest BCUT2D eigenvalue weighted by Crippen LogP contribution is -1.85. The monoisotopic (exact) mass is 306 g/mol. The number of fused-ring (bicyclic) bond motifs is 3. The number of pyridine rings is 1. The van der Waals surface area contributed by atoms with Gasteiger partial charge in [0.1, 0.15) is 20.2 Å². The molecular weight excluding hydrogens is 303 g/mol. The Kier molecular flexibility index (Phi) is 2.38. The molecule has 0 atom stereocenters. The van der Waals surface area contributed by atoms with Crippen molar-refractivity contribution < 1.29 is 8.42 Å². The maximum absolute atomic E-state index is 11.2. The molecule has 0 aliphatic rings. The topological polar surface area (TPSA) is 51.4 Å². The Morgan fingerprint density at radius 3 is 2.82 bits per heavy atom. The third-order valence-corrected chi connectivity index (χ3v) is 5.68. The van der Waals surface area contributed by atoms with E-state index in [1.165, 1.54) is 6.07 Å². The number of aromatic nitrogens is 2. The first-order valence-electron chi connectivity index (χ1n) is 4.47. The summed E-state index contributed by atoms with van der Waals surface area (Å²) in [6, 6.07) is 4.96. The highest BCUT2D eigenvalue weighted by Gasteiger charge is 2.17. The zero-order valence-corrected chi connectivity index (χ0v) is 11.2. The number of hydrogen-bond donors (Lipinski definition) is 0. The normalized spacial score (nSPS) is 12.6. The van der Waals surface area contributed by atoms with E-state index in [4.69, 9.17) is 22.3 Å². The van der Waals surface area contributed by atoms with Crippen LogP contribution in [0.2, 0.25) is 5.02 Å². The highest BCUT2D eigenvalue weighted by molar-refractivity contribution is 8.15. The van der Waals surface area contributed by atoms with E-state index in [1.54, 1.807) is 22.7 Å². The van der Waals surface area contributed by atoms with E-state index < -0.39 is 9.05 Å².